The third-order valence-corrected chi connectivity index (χ3v) is 3.30. The van der Waals surface area contributed by atoms with E-state index in [1.54, 1.807) is 18.2 Å². The Hall–Kier alpha value is -1.39. The molecule has 2 aromatic carbocycles. The van der Waals surface area contributed by atoms with Gasteiger partial charge in [-0.05, 0) is 29.8 Å². The average molecular weight is 306 g/mol. The maximum atomic E-state index is 13.0. The van der Waals surface area contributed by atoms with Crippen molar-refractivity contribution in [1.82, 2.24) is 0 Å². The summed E-state index contributed by atoms with van der Waals surface area (Å²) in [5.41, 5.74) is 0.784. The topological polar surface area (TPSA) is 12.0 Å². The van der Waals surface area contributed by atoms with Crippen molar-refractivity contribution in [2.24, 2.45) is 0 Å². The lowest BCUT2D eigenvalue weighted by molar-refractivity contribution is 0.445. The summed E-state index contributed by atoms with van der Waals surface area (Å²) >= 11 is 11.8. The van der Waals surface area contributed by atoms with E-state index in [0.29, 0.717) is 15.7 Å². The Labute approximate surface area is 118 Å². The summed E-state index contributed by atoms with van der Waals surface area (Å²) in [4.78, 5) is 0. The molecule has 0 saturated carbocycles. The molecule has 2 rings (SSSR count). The van der Waals surface area contributed by atoms with E-state index in [0.717, 1.165) is 12.1 Å². The van der Waals surface area contributed by atoms with Gasteiger partial charge in [0, 0.05) is 6.54 Å². The molecule has 0 aliphatic carbocycles. The second-order valence-electron chi connectivity index (χ2n) is 3.83. The maximum Gasteiger partial charge on any atom is 0.194 e. The van der Waals surface area contributed by atoms with Crippen molar-refractivity contribution < 1.29 is 13.2 Å². The molecule has 0 unspecified atom stereocenters. The van der Waals surface area contributed by atoms with Crippen LogP contribution in [0.1, 0.15) is 5.56 Å². The fourth-order valence-corrected chi connectivity index (χ4v) is 1.92. The van der Waals surface area contributed by atoms with Crippen molar-refractivity contribution >= 4 is 28.9 Å². The third-order valence-electron chi connectivity index (χ3n) is 2.48. The highest BCUT2D eigenvalue weighted by Gasteiger charge is 2.11. The van der Waals surface area contributed by atoms with E-state index in [4.69, 9.17) is 23.2 Å². The molecule has 19 heavy (non-hydrogen) atoms. The Kier molecular flexibility index (Phi) is 4.22. The fourth-order valence-electron chi connectivity index (χ4n) is 1.55. The lowest BCUT2D eigenvalue weighted by Crippen LogP contribution is -2.02. The van der Waals surface area contributed by atoms with Gasteiger partial charge in [-0.25, -0.2) is 13.2 Å². The molecule has 0 heterocycles. The van der Waals surface area contributed by atoms with Gasteiger partial charge in [0.2, 0.25) is 0 Å². The minimum Gasteiger partial charge on any atom is -0.380 e. The zero-order chi connectivity index (χ0) is 14.0. The minimum absolute atomic E-state index is 0.0915. The van der Waals surface area contributed by atoms with Crippen LogP contribution in [0.3, 0.4) is 0 Å². The molecule has 0 bridgehead atoms. The molecule has 0 atom stereocenters. The summed E-state index contributed by atoms with van der Waals surface area (Å²) in [6, 6.07) is 6.81. The van der Waals surface area contributed by atoms with Crippen molar-refractivity contribution in [1.29, 1.82) is 0 Å². The van der Waals surface area contributed by atoms with Gasteiger partial charge in [-0.1, -0.05) is 29.3 Å². The van der Waals surface area contributed by atoms with Gasteiger partial charge in [0.25, 0.3) is 0 Å². The Morgan fingerprint density at radius 1 is 1.00 bits per heavy atom. The SMILES string of the molecule is Fc1cc(CNc2cccc(Cl)c2Cl)cc(F)c1F. The highest BCUT2D eigenvalue weighted by molar-refractivity contribution is 6.43. The van der Waals surface area contributed by atoms with Gasteiger partial charge in [0.1, 0.15) is 0 Å². The lowest BCUT2D eigenvalue weighted by Gasteiger charge is -2.10. The number of nitrogens with one attached hydrogen (secondary N) is 1. The molecule has 0 aromatic heterocycles. The molecular weight excluding hydrogens is 298 g/mol. The van der Waals surface area contributed by atoms with Gasteiger partial charge in [0.05, 0.1) is 15.7 Å². The van der Waals surface area contributed by atoms with E-state index in [2.05, 4.69) is 5.32 Å². The monoisotopic (exact) mass is 305 g/mol. The molecule has 0 aliphatic heterocycles. The van der Waals surface area contributed by atoms with E-state index in [1.165, 1.54) is 0 Å². The molecule has 2 aromatic rings. The van der Waals surface area contributed by atoms with E-state index in [1.807, 2.05) is 0 Å². The number of halogens is 5. The molecule has 0 spiro atoms. The Morgan fingerprint density at radius 3 is 2.26 bits per heavy atom. The summed E-state index contributed by atoms with van der Waals surface area (Å²) in [6.45, 7) is 0.0915. The molecular formula is C13H8Cl2F3N. The van der Waals surface area contributed by atoms with Crippen LogP contribution < -0.4 is 5.32 Å². The predicted molar refractivity (Wildman–Crippen MR) is 70.1 cm³/mol. The van der Waals surface area contributed by atoms with Crippen molar-refractivity contribution in [3.05, 3.63) is 63.4 Å². The van der Waals surface area contributed by atoms with Gasteiger partial charge < -0.3 is 5.32 Å². The molecule has 6 heteroatoms. The zero-order valence-corrected chi connectivity index (χ0v) is 11.0. The van der Waals surface area contributed by atoms with Gasteiger partial charge in [-0.15, -0.1) is 0 Å². The second-order valence-corrected chi connectivity index (χ2v) is 4.61. The van der Waals surface area contributed by atoms with Crippen molar-refractivity contribution in [2.45, 2.75) is 6.54 Å². The molecule has 1 nitrogen and oxygen atoms in total. The quantitative estimate of drug-likeness (QED) is 0.785. The first-order chi connectivity index (χ1) is 8.99. The van der Waals surface area contributed by atoms with Crippen LogP contribution in [-0.2, 0) is 6.54 Å². The van der Waals surface area contributed by atoms with Gasteiger partial charge in [-0.2, -0.15) is 0 Å². The molecule has 1 N–H and O–H groups in total. The van der Waals surface area contributed by atoms with E-state index in [-0.39, 0.29) is 12.1 Å². The smallest absolute Gasteiger partial charge is 0.194 e. The number of anilines is 1. The Bertz CT molecular complexity index is 594. The van der Waals surface area contributed by atoms with Crippen LogP contribution >= 0.6 is 23.2 Å². The first-order valence-corrected chi connectivity index (χ1v) is 6.06. The second kappa shape index (κ2) is 5.72. The lowest BCUT2D eigenvalue weighted by atomic mass is 10.2. The third kappa shape index (κ3) is 3.14. The minimum atomic E-state index is -1.48. The van der Waals surface area contributed by atoms with Crippen molar-refractivity contribution in [3.8, 4) is 0 Å². The summed E-state index contributed by atoms with van der Waals surface area (Å²) < 4.78 is 38.8. The van der Waals surface area contributed by atoms with E-state index < -0.39 is 17.5 Å². The fraction of sp³-hybridized carbons (Fsp3) is 0.0769. The van der Waals surface area contributed by atoms with Gasteiger partial charge >= 0.3 is 0 Å². The number of benzene rings is 2. The number of hydrogen-bond donors (Lipinski definition) is 1. The molecule has 100 valence electrons. The summed E-state index contributed by atoms with van der Waals surface area (Å²) in [5.74, 6) is -3.94. The first kappa shape index (κ1) is 14.0. The van der Waals surface area contributed by atoms with Crippen LogP contribution in [0.25, 0.3) is 0 Å². The van der Waals surface area contributed by atoms with Crippen LogP contribution in [0.2, 0.25) is 10.0 Å². The Balaban J connectivity index is 2.17. The summed E-state index contributed by atoms with van der Waals surface area (Å²) in [6.07, 6.45) is 0. The zero-order valence-electron chi connectivity index (χ0n) is 9.48. The largest absolute Gasteiger partial charge is 0.380 e. The highest BCUT2D eigenvalue weighted by atomic mass is 35.5. The van der Waals surface area contributed by atoms with Crippen LogP contribution in [-0.4, -0.2) is 0 Å². The van der Waals surface area contributed by atoms with Crippen LogP contribution in [0, 0.1) is 17.5 Å². The number of rotatable bonds is 3. The maximum absolute atomic E-state index is 13.0. The van der Waals surface area contributed by atoms with Crippen LogP contribution in [0.4, 0.5) is 18.9 Å². The predicted octanol–water partition coefficient (Wildman–Crippen LogP) is 5.02. The van der Waals surface area contributed by atoms with Gasteiger partial charge in [-0.3, -0.25) is 0 Å². The number of hydrogen-bond acceptors (Lipinski definition) is 1. The van der Waals surface area contributed by atoms with Crippen LogP contribution in [0.5, 0.6) is 0 Å². The average Bonchev–Trinajstić information content (AvgIpc) is 2.37. The normalized spacial score (nSPS) is 10.6. The van der Waals surface area contributed by atoms with E-state index >= 15 is 0 Å². The molecule has 0 radical (unpaired) electrons. The van der Waals surface area contributed by atoms with Crippen molar-refractivity contribution in [2.75, 3.05) is 5.32 Å². The molecule has 0 saturated heterocycles. The van der Waals surface area contributed by atoms with E-state index in [9.17, 15) is 13.2 Å². The molecule has 0 aliphatic rings. The standard InChI is InChI=1S/C13H8Cl2F3N/c14-8-2-1-3-11(12(8)15)19-6-7-4-9(16)13(18)10(17)5-7/h1-5,19H,6H2. The molecule has 0 amide bonds. The molecule has 0 fully saturated rings. The van der Waals surface area contributed by atoms with Crippen LogP contribution in [0.15, 0.2) is 30.3 Å². The summed E-state index contributed by atoms with van der Waals surface area (Å²) in [7, 11) is 0. The van der Waals surface area contributed by atoms with Crippen molar-refractivity contribution in [3.63, 3.8) is 0 Å². The highest BCUT2D eigenvalue weighted by Crippen LogP contribution is 2.29. The van der Waals surface area contributed by atoms with Gasteiger partial charge in [0.15, 0.2) is 17.5 Å². The first-order valence-electron chi connectivity index (χ1n) is 5.30. The Morgan fingerprint density at radius 2 is 1.63 bits per heavy atom. The summed E-state index contributed by atoms with van der Waals surface area (Å²) in [5, 5.41) is 3.55.